The highest BCUT2D eigenvalue weighted by Crippen LogP contribution is 2.33. The second kappa shape index (κ2) is 6.01. The van der Waals surface area contributed by atoms with Crippen LogP contribution in [0.1, 0.15) is 11.1 Å². The van der Waals surface area contributed by atoms with E-state index >= 15 is 0 Å². The van der Waals surface area contributed by atoms with Crippen molar-refractivity contribution in [3.05, 3.63) is 74.0 Å². The molecule has 0 unspecified atom stereocenters. The molecule has 2 aromatic heterocycles. The zero-order valence-corrected chi connectivity index (χ0v) is 16.8. The summed E-state index contributed by atoms with van der Waals surface area (Å²) in [6.07, 6.45) is 0. The van der Waals surface area contributed by atoms with Crippen molar-refractivity contribution in [2.75, 3.05) is 0 Å². The standard InChI is InChI=1S/C22H16N2O5S/c1-10-6-5-9-14-15(10)21(26)17-18(24-14)11(2)16-19(22(17)30(27,28)29)23-13-8-4-3-7-12(13)20(16)25/h3-9H,1-2H3,(H,23,25)(H,24,26)(H,27,28,29). The monoisotopic (exact) mass is 420 g/mol. The number of benzene rings is 3. The molecule has 150 valence electrons. The van der Waals surface area contributed by atoms with Gasteiger partial charge in [-0.2, -0.15) is 8.42 Å². The molecule has 0 aliphatic heterocycles. The van der Waals surface area contributed by atoms with Crippen LogP contribution in [-0.2, 0) is 10.1 Å². The molecule has 8 heteroatoms. The zero-order valence-electron chi connectivity index (χ0n) is 16.0. The number of para-hydroxylation sites is 1. The van der Waals surface area contributed by atoms with Crippen LogP contribution in [0, 0.1) is 13.8 Å². The van der Waals surface area contributed by atoms with Gasteiger partial charge in [-0.25, -0.2) is 0 Å². The number of aryl methyl sites for hydroxylation is 2. The number of fused-ring (bicyclic) bond motifs is 4. The molecule has 0 amide bonds. The van der Waals surface area contributed by atoms with Gasteiger partial charge in [0.1, 0.15) is 4.90 Å². The van der Waals surface area contributed by atoms with Crippen LogP contribution < -0.4 is 10.9 Å². The van der Waals surface area contributed by atoms with Crippen LogP contribution in [0.5, 0.6) is 0 Å². The molecule has 7 nitrogen and oxygen atoms in total. The predicted octanol–water partition coefficient (Wildman–Crippen LogP) is 3.54. The molecule has 0 bridgehead atoms. The number of rotatable bonds is 1. The fraction of sp³-hybridized carbons (Fsp3) is 0.0909. The third-order valence-corrected chi connectivity index (χ3v) is 6.53. The summed E-state index contributed by atoms with van der Waals surface area (Å²) in [5, 5.41) is 0.649. The molecule has 0 atom stereocenters. The molecule has 0 aliphatic rings. The van der Waals surface area contributed by atoms with Gasteiger partial charge in [0.15, 0.2) is 10.9 Å². The molecule has 3 aromatic carbocycles. The maximum absolute atomic E-state index is 13.4. The Hall–Kier alpha value is -3.49. The first-order valence-electron chi connectivity index (χ1n) is 9.20. The van der Waals surface area contributed by atoms with Crippen LogP contribution in [0.15, 0.2) is 56.9 Å². The van der Waals surface area contributed by atoms with Crippen molar-refractivity contribution in [3.63, 3.8) is 0 Å². The van der Waals surface area contributed by atoms with Gasteiger partial charge in [0.2, 0.25) is 0 Å². The molecule has 0 radical (unpaired) electrons. The lowest BCUT2D eigenvalue weighted by atomic mass is 9.99. The molecule has 0 aliphatic carbocycles. The lowest BCUT2D eigenvalue weighted by Gasteiger charge is -2.14. The molecule has 3 N–H and O–H groups in total. The summed E-state index contributed by atoms with van der Waals surface area (Å²) in [4.78, 5) is 32.2. The van der Waals surface area contributed by atoms with E-state index in [0.29, 0.717) is 32.9 Å². The molecule has 5 aromatic rings. The Labute approximate surface area is 169 Å². The summed E-state index contributed by atoms with van der Waals surface area (Å²) in [6, 6.07) is 11.9. The van der Waals surface area contributed by atoms with Crippen LogP contribution in [0.3, 0.4) is 0 Å². The number of pyridine rings is 2. The largest absolute Gasteiger partial charge is 0.354 e. The van der Waals surface area contributed by atoms with Crippen molar-refractivity contribution in [2.45, 2.75) is 18.7 Å². The topological polar surface area (TPSA) is 120 Å². The van der Waals surface area contributed by atoms with Crippen molar-refractivity contribution in [1.82, 2.24) is 9.97 Å². The molecular formula is C22H16N2O5S. The van der Waals surface area contributed by atoms with E-state index < -0.39 is 20.4 Å². The fourth-order valence-corrected chi connectivity index (χ4v) is 5.14. The highest BCUT2D eigenvalue weighted by Gasteiger charge is 2.27. The van der Waals surface area contributed by atoms with E-state index in [4.69, 9.17) is 0 Å². The molecule has 2 heterocycles. The summed E-state index contributed by atoms with van der Waals surface area (Å²) in [5.74, 6) is 0. The lowest BCUT2D eigenvalue weighted by molar-refractivity contribution is 0.485. The summed E-state index contributed by atoms with van der Waals surface area (Å²) < 4.78 is 35.0. The molecule has 0 saturated carbocycles. The predicted molar refractivity (Wildman–Crippen MR) is 117 cm³/mol. The minimum Gasteiger partial charge on any atom is -0.354 e. The van der Waals surface area contributed by atoms with E-state index in [1.165, 1.54) is 0 Å². The van der Waals surface area contributed by atoms with Gasteiger partial charge in [-0.05, 0) is 43.2 Å². The minimum atomic E-state index is -4.85. The molecule has 5 rings (SSSR count). The van der Waals surface area contributed by atoms with Gasteiger partial charge in [-0.3, -0.25) is 14.1 Å². The van der Waals surface area contributed by atoms with E-state index in [0.717, 1.165) is 0 Å². The number of nitrogens with one attached hydrogen (secondary N) is 2. The second-order valence-corrected chi connectivity index (χ2v) is 8.74. The summed E-state index contributed by atoms with van der Waals surface area (Å²) in [6.45, 7) is 3.40. The normalized spacial score (nSPS) is 12.4. The third kappa shape index (κ3) is 2.38. The summed E-state index contributed by atoms with van der Waals surface area (Å²) in [5.41, 5.74) is 1.25. The second-order valence-electron chi connectivity index (χ2n) is 7.38. The zero-order chi connectivity index (χ0) is 21.4. The quantitative estimate of drug-likeness (QED) is 0.283. The van der Waals surface area contributed by atoms with E-state index in [2.05, 4.69) is 9.97 Å². The van der Waals surface area contributed by atoms with Gasteiger partial charge < -0.3 is 9.97 Å². The van der Waals surface area contributed by atoms with Gasteiger partial charge in [-0.15, -0.1) is 0 Å². The van der Waals surface area contributed by atoms with Crippen molar-refractivity contribution < 1.29 is 13.0 Å². The maximum Gasteiger partial charge on any atom is 0.297 e. The molecular weight excluding hydrogens is 404 g/mol. The van der Waals surface area contributed by atoms with Crippen LogP contribution in [0.2, 0.25) is 0 Å². The van der Waals surface area contributed by atoms with Gasteiger partial charge >= 0.3 is 0 Å². The third-order valence-electron chi connectivity index (χ3n) is 5.61. The summed E-state index contributed by atoms with van der Waals surface area (Å²) in [7, 11) is -4.85. The van der Waals surface area contributed by atoms with E-state index in [1.54, 1.807) is 56.3 Å². The van der Waals surface area contributed by atoms with E-state index in [-0.39, 0.29) is 27.2 Å². The first kappa shape index (κ1) is 18.5. The smallest absolute Gasteiger partial charge is 0.297 e. The van der Waals surface area contributed by atoms with Crippen LogP contribution >= 0.6 is 0 Å². The lowest BCUT2D eigenvalue weighted by Crippen LogP contribution is -2.16. The molecule has 0 fully saturated rings. The SMILES string of the molecule is Cc1cccc2[nH]c3c(C)c4c(=O)c5ccccc5[nH]c4c(S(=O)(=O)O)c3c(=O)c12. The van der Waals surface area contributed by atoms with Crippen LogP contribution in [0.4, 0.5) is 0 Å². The Kier molecular flexibility index (Phi) is 3.71. The van der Waals surface area contributed by atoms with Gasteiger partial charge in [0.05, 0.1) is 27.3 Å². The van der Waals surface area contributed by atoms with Gasteiger partial charge in [-0.1, -0.05) is 24.3 Å². The minimum absolute atomic E-state index is 0.0790. The maximum atomic E-state index is 13.4. The number of aromatic amines is 2. The first-order chi connectivity index (χ1) is 14.2. The fourth-order valence-electron chi connectivity index (χ4n) is 4.28. The van der Waals surface area contributed by atoms with Crippen molar-refractivity contribution in [3.8, 4) is 0 Å². The Morgan fingerprint density at radius 3 is 2.17 bits per heavy atom. The Morgan fingerprint density at radius 1 is 0.767 bits per heavy atom. The van der Waals surface area contributed by atoms with Crippen molar-refractivity contribution in [2.24, 2.45) is 0 Å². The molecule has 0 saturated heterocycles. The highest BCUT2D eigenvalue weighted by molar-refractivity contribution is 7.86. The summed E-state index contributed by atoms with van der Waals surface area (Å²) >= 11 is 0. The van der Waals surface area contributed by atoms with Crippen molar-refractivity contribution >= 4 is 53.7 Å². The van der Waals surface area contributed by atoms with Crippen LogP contribution in [0.25, 0.3) is 43.6 Å². The Morgan fingerprint density at radius 2 is 1.43 bits per heavy atom. The van der Waals surface area contributed by atoms with Gasteiger partial charge in [0.25, 0.3) is 10.1 Å². The van der Waals surface area contributed by atoms with E-state index in [1.807, 2.05) is 0 Å². The molecule has 30 heavy (non-hydrogen) atoms. The number of H-pyrrole nitrogens is 2. The van der Waals surface area contributed by atoms with Gasteiger partial charge in [0, 0.05) is 16.3 Å². The average Bonchev–Trinajstić information content (AvgIpc) is 2.68. The number of hydrogen-bond donors (Lipinski definition) is 3. The first-order valence-corrected chi connectivity index (χ1v) is 10.6. The Balaban J connectivity index is 2.25. The molecule has 0 spiro atoms. The number of aromatic nitrogens is 2. The highest BCUT2D eigenvalue weighted by atomic mass is 32.2. The van der Waals surface area contributed by atoms with Crippen LogP contribution in [-0.4, -0.2) is 22.9 Å². The van der Waals surface area contributed by atoms with Crippen molar-refractivity contribution in [1.29, 1.82) is 0 Å². The number of hydrogen-bond acceptors (Lipinski definition) is 4. The van der Waals surface area contributed by atoms with E-state index in [9.17, 15) is 22.6 Å². The average molecular weight is 420 g/mol. The Bertz CT molecular complexity index is 1780.